The van der Waals surface area contributed by atoms with Crippen LogP contribution in [-0.2, 0) is 9.59 Å². The maximum absolute atomic E-state index is 13.4. The third kappa shape index (κ3) is 3.59. The van der Waals surface area contributed by atoms with Crippen LogP contribution in [-0.4, -0.2) is 40.2 Å². The summed E-state index contributed by atoms with van der Waals surface area (Å²) in [6, 6.07) is 4.77. The van der Waals surface area contributed by atoms with Crippen molar-refractivity contribution in [3.8, 4) is 0 Å². The number of ketones is 1. The third-order valence-corrected chi connectivity index (χ3v) is 6.61. The van der Waals surface area contributed by atoms with E-state index in [1.165, 1.54) is 0 Å². The first kappa shape index (κ1) is 19.8. The van der Waals surface area contributed by atoms with Gasteiger partial charge < -0.3 is 5.32 Å². The molecule has 1 N–H and O–H groups in total. The van der Waals surface area contributed by atoms with Crippen molar-refractivity contribution >= 4 is 40.3 Å². The highest BCUT2D eigenvalue weighted by molar-refractivity contribution is 8.18. The molecule has 29 heavy (non-hydrogen) atoms. The van der Waals surface area contributed by atoms with Gasteiger partial charge in [0.2, 0.25) is 11.8 Å². The quantitative estimate of drug-likeness (QED) is 0.588. The molecule has 6 nitrogen and oxygen atoms in total. The van der Waals surface area contributed by atoms with Gasteiger partial charge in [-0.15, -0.1) is 0 Å². The number of thioether (sulfide) groups is 1. The Bertz CT molecular complexity index is 977. The molecule has 9 heteroatoms. The van der Waals surface area contributed by atoms with E-state index >= 15 is 0 Å². The predicted molar refractivity (Wildman–Crippen MR) is 103 cm³/mol. The number of allylic oxidation sites excluding steroid dienone is 1. The van der Waals surface area contributed by atoms with E-state index in [2.05, 4.69) is 5.32 Å². The normalized spacial score (nSPS) is 23.5. The van der Waals surface area contributed by atoms with E-state index in [4.69, 9.17) is 0 Å². The van der Waals surface area contributed by atoms with Crippen LogP contribution in [0.1, 0.15) is 54.4 Å². The second-order valence-corrected chi connectivity index (χ2v) is 8.45. The van der Waals surface area contributed by atoms with Crippen molar-refractivity contribution in [2.24, 2.45) is 0 Å². The molecule has 0 radical (unpaired) electrons. The Labute approximate surface area is 169 Å². The van der Waals surface area contributed by atoms with Gasteiger partial charge in [0.05, 0.1) is 17.4 Å². The van der Waals surface area contributed by atoms with Crippen LogP contribution >= 0.6 is 11.8 Å². The number of hydrogen-bond donors (Lipinski definition) is 1. The lowest BCUT2D eigenvalue weighted by Crippen LogP contribution is -2.34. The predicted octanol–water partition coefficient (Wildman–Crippen LogP) is 4.08. The fourth-order valence-electron chi connectivity index (χ4n) is 3.72. The van der Waals surface area contributed by atoms with Crippen molar-refractivity contribution < 1.29 is 28.0 Å². The summed E-state index contributed by atoms with van der Waals surface area (Å²) in [4.78, 5) is 50.4. The topological polar surface area (TPSA) is 83.6 Å². The zero-order chi connectivity index (χ0) is 20.9. The van der Waals surface area contributed by atoms with Gasteiger partial charge in [-0.1, -0.05) is 5.57 Å². The van der Waals surface area contributed by atoms with Crippen LogP contribution in [0.25, 0.3) is 0 Å². The number of nitrogens with zero attached hydrogens (tertiary/aromatic N) is 1. The summed E-state index contributed by atoms with van der Waals surface area (Å²) in [5, 5.41) is 2.14. The van der Waals surface area contributed by atoms with E-state index < -0.39 is 29.4 Å². The van der Waals surface area contributed by atoms with Crippen LogP contribution in [0.4, 0.5) is 19.3 Å². The van der Waals surface area contributed by atoms with Crippen molar-refractivity contribution in [2.45, 2.75) is 44.4 Å². The molecule has 3 aliphatic rings. The van der Waals surface area contributed by atoms with Gasteiger partial charge in [-0.05, 0) is 55.3 Å². The highest BCUT2D eigenvalue weighted by atomic mass is 32.2. The zero-order valence-corrected chi connectivity index (χ0v) is 16.4. The first-order valence-electron chi connectivity index (χ1n) is 9.28. The number of carbonyl (C=O) groups is 4. The summed E-state index contributed by atoms with van der Waals surface area (Å²) in [6.07, 6.45) is -0.542. The van der Waals surface area contributed by atoms with Crippen LogP contribution < -0.4 is 5.32 Å². The lowest BCUT2D eigenvalue weighted by atomic mass is 9.91. The van der Waals surface area contributed by atoms with E-state index in [0.717, 1.165) is 4.90 Å². The molecule has 1 atom stereocenters. The average Bonchev–Trinajstić information content (AvgIpc) is 3.12. The van der Waals surface area contributed by atoms with Gasteiger partial charge in [-0.3, -0.25) is 24.1 Å². The van der Waals surface area contributed by atoms with Crippen molar-refractivity contribution in [1.29, 1.82) is 0 Å². The molecule has 0 aromatic heterocycles. The molecule has 2 heterocycles. The first-order chi connectivity index (χ1) is 13.7. The lowest BCUT2D eigenvalue weighted by molar-refractivity contribution is -0.122. The van der Waals surface area contributed by atoms with E-state index in [9.17, 15) is 28.0 Å². The Kier molecular flexibility index (Phi) is 4.80. The number of imide groups is 1. The number of rotatable bonds is 3. The molecule has 1 saturated heterocycles. The number of anilines is 1. The maximum atomic E-state index is 13.4. The molecular formula is C20H18F2N2O4S. The molecule has 2 fully saturated rings. The molecule has 1 aromatic rings. The molecule has 1 saturated carbocycles. The van der Waals surface area contributed by atoms with Gasteiger partial charge in [-0.2, -0.15) is 0 Å². The molecule has 152 valence electrons. The monoisotopic (exact) mass is 420 g/mol. The zero-order valence-electron chi connectivity index (χ0n) is 15.6. The highest BCUT2D eigenvalue weighted by Gasteiger charge is 2.41. The van der Waals surface area contributed by atoms with E-state index in [-0.39, 0.29) is 42.4 Å². The van der Waals surface area contributed by atoms with Crippen molar-refractivity contribution in [3.63, 3.8) is 0 Å². The van der Waals surface area contributed by atoms with Crippen LogP contribution in [0.15, 0.2) is 28.7 Å². The standard InChI is InChI=1S/C20H18F2N2O4S/c1-10-13-8-12(2-3-14(13)23-17(10)26)15(25)9-24-18(27)16(29-19(24)28)11-4-6-20(21,22)7-5-11/h2-3,8,10H,4-7,9H2,1H3,(H,23,26). The summed E-state index contributed by atoms with van der Waals surface area (Å²) < 4.78 is 26.7. The van der Waals surface area contributed by atoms with Crippen LogP contribution in [0.5, 0.6) is 0 Å². The molecule has 1 unspecified atom stereocenters. The van der Waals surface area contributed by atoms with E-state index in [1.54, 1.807) is 25.1 Å². The summed E-state index contributed by atoms with van der Waals surface area (Å²) in [7, 11) is 0. The number of nitrogens with one attached hydrogen (secondary N) is 1. The fourth-order valence-corrected chi connectivity index (χ4v) is 4.70. The van der Waals surface area contributed by atoms with Gasteiger partial charge in [0.1, 0.15) is 0 Å². The summed E-state index contributed by atoms with van der Waals surface area (Å²) in [5.74, 6) is -4.30. The Balaban J connectivity index is 1.50. The van der Waals surface area contributed by atoms with Gasteiger partial charge in [0.25, 0.3) is 11.1 Å². The molecule has 0 bridgehead atoms. The molecule has 0 spiro atoms. The minimum Gasteiger partial charge on any atom is -0.325 e. The number of alkyl halides is 2. The molecule has 1 aromatic carbocycles. The molecule has 2 aliphatic heterocycles. The van der Waals surface area contributed by atoms with Crippen LogP contribution in [0.2, 0.25) is 0 Å². The average molecular weight is 420 g/mol. The Hall–Kier alpha value is -2.55. The van der Waals surface area contributed by atoms with Gasteiger partial charge in [-0.25, -0.2) is 8.78 Å². The Morgan fingerprint density at radius 1 is 1.24 bits per heavy atom. The number of hydrogen-bond acceptors (Lipinski definition) is 5. The van der Waals surface area contributed by atoms with E-state index in [0.29, 0.717) is 34.1 Å². The Morgan fingerprint density at radius 2 is 1.93 bits per heavy atom. The van der Waals surface area contributed by atoms with Gasteiger partial charge in [0, 0.05) is 24.1 Å². The van der Waals surface area contributed by atoms with Crippen LogP contribution in [0.3, 0.4) is 0 Å². The minimum atomic E-state index is -2.74. The second kappa shape index (κ2) is 7.05. The maximum Gasteiger partial charge on any atom is 0.293 e. The van der Waals surface area contributed by atoms with Gasteiger partial charge >= 0.3 is 0 Å². The van der Waals surface area contributed by atoms with Crippen LogP contribution in [0, 0.1) is 0 Å². The van der Waals surface area contributed by atoms with Crippen molar-refractivity contribution in [1.82, 2.24) is 4.90 Å². The lowest BCUT2D eigenvalue weighted by Gasteiger charge is -2.24. The summed E-state index contributed by atoms with van der Waals surface area (Å²) in [5.41, 5.74) is 2.20. The second-order valence-electron chi connectivity index (χ2n) is 7.48. The number of halogens is 2. The number of benzene rings is 1. The molecule has 3 amide bonds. The molecular weight excluding hydrogens is 402 g/mol. The summed E-state index contributed by atoms with van der Waals surface area (Å²) >= 11 is 0.712. The van der Waals surface area contributed by atoms with Crippen molar-refractivity contribution in [3.05, 3.63) is 39.8 Å². The number of fused-ring (bicyclic) bond motifs is 1. The molecule has 4 rings (SSSR count). The largest absolute Gasteiger partial charge is 0.325 e. The number of carbonyl (C=O) groups excluding carboxylic acids is 4. The minimum absolute atomic E-state index is 0.0693. The van der Waals surface area contributed by atoms with Gasteiger partial charge in [0.15, 0.2) is 5.78 Å². The van der Waals surface area contributed by atoms with Crippen molar-refractivity contribution in [2.75, 3.05) is 11.9 Å². The number of amides is 3. The Morgan fingerprint density at radius 3 is 2.62 bits per heavy atom. The third-order valence-electron chi connectivity index (χ3n) is 5.55. The first-order valence-corrected chi connectivity index (χ1v) is 10.1. The summed E-state index contributed by atoms with van der Waals surface area (Å²) in [6.45, 7) is 1.30. The van der Waals surface area contributed by atoms with E-state index in [1.807, 2.05) is 0 Å². The SMILES string of the molecule is CC1C(=O)Nc2ccc(C(=O)CN3C(=O)SC(=C4CCC(F)(F)CC4)C3=O)cc21. The number of Topliss-reactive ketones (excluding diaryl/α,β-unsaturated/α-hetero) is 1. The smallest absolute Gasteiger partial charge is 0.293 e. The fraction of sp³-hybridized carbons (Fsp3) is 0.400. The molecule has 1 aliphatic carbocycles. The highest BCUT2D eigenvalue weighted by Crippen LogP contribution is 2.42.